The Morgan fingerprint density at radius 1 is 0.962 bits per heavy atom. The molecular formula is C20H22N2O3S. The maximum Gasteiger partial charge on any atom is 0.196 e. The Kier molecular flexibility index (Phi) is 5.64. The van der Waals surface area contributed by atoms with Crippen LogP contribution in [-0.4, -0.2) is 29.8 Å². The number of anilines is 2. The van der Waals surface area contributed by atoms with Crippen molar-refractivity contribution in [2.45, 2.75) is 30.6 Å². The van der Waals surface area contributed by atoms with Crippen molar-refractivity contribution in [3.63, 3.8) is 0 Å². The molecule has 0 radical (unpaired) electrons. The van der Waals surface area contributed by atoms with Gasteiger partial charge in [0, 0.05) is 34.9 Å². The number of hydrogen-bond acceptors (Lipinski definition) is 6. The van der Waals surface area contributed by atoms with Crippen molar-refractivity contribution in [2.75, 3.05) is 24.2 Å². The Balaban J connectivity index is 1.93. The molecule has 0 spiro atoms. The summed E-state index contributed by atoms with van der Waals surface area (Å²) in [5.41, 5.74) is 8.25. The van der Waals surface area contributed by atoms with Gasteiger partial charge in [-0.05, 0) is 18.9 Å². The number of nitrogens with one attached hydrogen (secondary N) is 1. The van der Waals surface area contributed by atoms with E-state index in [1.807, 2.05) is 0 Å². The number of fused-ring (bicyclic) bond motifs is 2. The van der Waals surface area contributed by atoms with Crippen LogP contribution in [0.25, 0.3) is 0 Å². The van der Waals surface area contributed by atoms with Crippen LogP contribution in [0.3, 0.4) is 0 Å². The maximum absolute atomic E-state index is 13.0. The fourth-order valence-corrected chi connectivity index (χ4v) is 3.62. The van der Waals surface area contributed by atoms with Crippen LogP contribution in [-0.2, 0) is 0 Å². The number of aliphatic hydroxyl groups is 1. The molecule has 136 valence electrons. The zero-order valence-electron chi connectivity index (χ0n) is 14.4. The second kappa shape index (κ2) is 7.93. The maximum atomic E-state index is 13.0. The molecule has 0 saturated carbocycles. The third kappa shape index (κ3) is 3.34. The Labute approximate surface area is 158 Å². The lowest BCUT2D eigenvalue weighted by Gasteiger charge is -2.23. The Hall–Kier alpha value is -2.31. The molecule has 2 aromatic rings. The van der Waals surface area contributed by atoms with E-state index in [2.05, 4.69) is 17.9 Å². The lowest BCUT2D eigenvalue weighted by Crippen LogP contribution is -2.24. The van der Waals surface area contributed by atoms with Crippen molar-refractivity contribution >= 4 is 35.6 Å². The molecule has 5 nitrogen and oxygen atoms in total. The molecule has 3 rings (SSSR count). The average molecular weight is 370 g/mol. The zero-order valence-corrected chi connectivity index (χ0v) is 15.3. The molecule has 0 aliphatic heterocycles. The number of ketones is 2. The van der Waals surface area contributed by atoms with Crippen LogP contribution in [0.2, 0.25) is 0 Å². The summed E-state index contributed by atoms with van der Waals surface area (Å²) >= 11 is 4.46. The van der Waals surface area contributed by atoms with Crippen LogP contribution in [0.1, 0.15) is 57.5 Å². The molecule has 4 N–H and O–H groups in total. The molecule has 1 aliphatic rings. The van der Waals surface area contributed by atoms with Crippen molar-refractivity contribution in [1.29, 1.82) is 0 Å². The number of nitrogen functional groups attached to an aromatic ring is 1. The minimum atomic E-state index is -0.230. The number of unbranched alkanes of at least 4 members (excludes halogenated alkanes) is 3. The van der Waals surface area contributed by atoms with E-state index >= 15 is 0 Å². The second-order valence-electron chi connectivity index (χ2n) is 6.38. The number of carbonyl (C=O) groups is 2. The van der Waals surface area contributed by atoms with Gasteiger partial charge in [0.15, 0.2) is 11.6 Å². The molecule has 1 aliphatic carbocycles. The van der Waals surface area contributed by atoms with Gasteiger partial charge >= 0.3 is 0 Å². The monoisotopic (exact) mass is 370 g/mol. The van der Waals surface area contributed by atoms with Gasteiger partial charge in [-0.15, -0.1) is 12.6 Å². The van der Waals surface area contributed by atoms with Crippen molar-refractivity contribution in [3.05, 3.63) is 52.6 Å². The SMILES string of the molecule is Nc1cc(S)c(NCCCCCCO)c2c1C(=O)c1ccccc1C2=O. The highest BCUT2D eigenvalue weighted by Crippen LogP contribution is 2.39. The van der Waals surface area contributed by atoms with Crippen molar-refractivity contribution < 1.29 is 14.7 Å². The van der Waals surface area contributed by atoms with Gasteiger partial charge in [-0.25, -0.2) is 0 Å². The average Bonchev–Trinajstić information content (AvgIpc) is 2.63. The van der Waals surface area contributed by atoms with Crippen LogP contribution in [0.4, 0.5) is 11.4 Å². The van der Waals surface area contributed by atoms with E-state index < -0.39 is 0 Å². The first-order valence-electron chi connectivity index (χ1n) is 8.75. The van der Waals surface area contributed by atoms with Crippen molar-refractivity contribution in [2.24, 2.45) is 0 Å². The fourth-order valence-electron chi connectivity index (χ4n) is 3.29. The summed E-state index contributed by atoms with van der Waals surface area (Å²) in [4.78, 5) is 26.5. The summed E-state index contributed by atoms with van der Waals surface area (Å²) in [7, 11) is 0. The quantitative estimate of drug-likeness (QED) is 0.291. The first kappa shape index (κ1) is 18.5. The van der Waals surface area contributed by atoms with Gasteiger partial charge in [-0.3, -0.25) is 9.59 Å². The molecule has 6 heteroatoms. The van der Waals surface area contributed by atoms with E-state index in [1.165, 1.54) is 0 Å². The highest BCUT2D eigenvalue weighted by Gasteiger charge is 2.34. The molecule has 2 aromatic carbocycles. The summed E-state index contributed by atoms with van der Waals surface area (Å²) in [6, 6.07) is 8.43. The van der Waals surface area contributed by atoms with E-state index in [1.54, 1.807) is 30.3 Å². The summed E-state index contributed by atoms with van der Waals surface area (Å²) in [5, 5.41) is 12.1. The minimum Gasteiger partial charge on any atom is -0.398 e. The summed E-state index contributed by atoms with van der Waals surface area (Å²) in [6.45, 7) is 0.855. The molecule has 0 unspecified atom stereocenters. The molecule has 26 heavy (non-hydrogen) atoms. The molecule has 0 saturated heterocycles. The van der Waals surface area contributed by atoms with E-state index in [0.717, 1.165) is 25.7 Å². The molecule has 0 atom stereocenters. The van der Waals surface area contributed by atoms with Crippen LogP contribution in [0.5, 0.6) is 0 Å². The Morgan fingerprint density at radius 2 is 1.58 bits per heavy atom. The van der Waals surface area contributed by atoms with Gasteiger partial charge in [-0.2, -0.15) is 0 Å². The van der Waals surface area contributed by atoms with E-state index in [9.17, 15) is 9.59 Å². The topological polar surface area (TPSA) is 92.4 Å². The zero-order chi connectivity index (χ0) is 18.7. The number of rotatable bonds is 7. The number of aliphatic hydroxyl groups excluding tert-OH is 1. The second-order valence-corrected chi connectivity index (χ2v) is 6.86. The molecular weight excluding hydrogens is 348 g/mol. The van der Waals surface area contributed by atoms with E-state index in [4.69, 9.17) is 10.8 Å². The summed E-state index contributed by atoms with van der Waals surface area (Å²) in [5.74, 6) is -0.437. The first-order valence-corrected chi connectivity index (χ1v) is 9.19. The summed E-state index contributed by atoms with van der Waals surface area (Å²) in [6.07, 6.45) is 3.61. The largest absolute Gasteiger partial charge is 0.398 e. The highest BCUT2D eigenvalue weighted by atomic mass is 32.1. The molecule has 0 bridgehead atoms. The predicted octanol–water partition coefficient (Wildman–Crippen LogP) is 3.30. The van der Waals surface area contributed by atoms with Crippen LogP contribution in [0, 0.1) is 0 Å². The minimum absolute atomic E-state index is 0.204. The number of carbonyl (C=O) groups excluding carboxylic acids is 2. The van der Waals surface area contributed by atoms with Gasteiger partial charge in [0.1, 0.15) is 0 Å². The van der Waals surface area contributed by atoms with Gasteiger partial charge in [0.05, 0.1) is 16.8 Å². The van der Waals surface area contributed by atoms with Crippen LogP contribution < -0.4 is 11.1 Å². The molecule has 0 heterocycles. The molecule has 0 amide bonds. The van der Waals surface area contributed by atoms with Gasteiger partial charge in [-0.1, -0.05) is 37.1 Å². The van der Waals surface area contributed by atoms with Gasteiger partial charge < -0.3 is 16.2 Å². The van der Waals surface area contributed by atoms with Crippen LogP contribution >= 0.6 is 12.6 Å². The number of hydrogen-bond donors (Lipinski definition) is 4. The lowest BCUT2D eigenvalue weighted by molar-refractivity contribution is 0.0980. The first-order chi connectivity index (χ1) is 12.6. The third-order valence-corrected chi connectivity index (χ3v) is 4.95. The van der Waals surface area contributed by atoms with E-state index in [-0.39, 0.29) is 29.4 Å². The number of thiol groups is 1. The van der Waals surface area contributed by atoms with E-state index in [0.29, 0.717) is 33.8 Å². The predicted molar refractivity (Wildman–Crippen MR) is 105 cm³/mol. The normalized spacial score (nSPS) is 12.7. The third-order valence-electron chi connectivity index (χ3n) is 4.59. The highest BCUT2D eigenvalue weighted by molar-refractivity contribution is 7.80. The van der Waals surface area contributed by atoms with Gasteiger partial charge in [0.25, 0.3) is 0 Å². The smallest absolute Gasteiger partial charge is 0.196 e. The molecule has 0 aromatic heterocycles. The fraction of sp³-hybridized carbons (Fsp3) is 0.300. The summed E-state index contributed by atoms with van der Waals surface area (Å²) < 4.78 is 0. The number of nitrogens with two attached hydrogens (primary N) is 1. The van der Waals surface area contributed by atoms with Crippen molar-refractivity contribution in [3.8, 4) is 0 Å². The standard InChI is InChI=1S/C20H22N2O3S/c21-14-11-15(26)18(22-9-5-1-2-6-10-23)17-16(14)19(24)12-7-3-4-8-13(12)20(17)25/h3-4,7-8,11,22-23,26H,1-2,5-6,9-10,21H2. The lowest BCUT2D eigenvalue weighted by atomic mass is 9.82. The van der Waals surface area contributed by atoms with Gasteiger partial charge in [0.2, 0.25) is 0 Å². The van der Waals surface area contributed by atoms with Crippen molar-refractivity contribution in [1.82, 2.24) is 0 Å². The molecule has 0 fully saturated rings. The Bertz CT molecular complexity index is 864. The van der Waals surface area contributed by atoms with Crippen LogP contribution in [0.15, 0.2) is 35.2 Å². The Morgan fingerprint density at radius 3 is 2.23 bits per heavy atom. The number of benzene rings is 2.